The van der Waals surface area contributed by atoms with Gasteiger partial charge in [0.15, 0.2) is 5.13 Å². The number of hydrogen-bond acceptors (Lipinski definition) is 8. The molecule has 29 heavy (non-hydrogen) atoms. The maximum atomic E-state index is 12.9. The Morgan fingerprint density at radius 2 is 1.97 bits per heavy atom. The average Bonchev–Trinajstić information content (AvgIpc) is 3.12. The molecule has 1 amide bonds. The summed E-state index contributed by atoms with van der Waals surface area (Å²) in [6.07, 6.45) is 3.97. The van der Waals surface area contributed by atoms with E-state index in [0.717, 1.165) is 68.8 Å². The molecule has 0 aromatic carbocycles. The third-order valence-electron chi connectivity index (χ3n) is 5.30. The van der Waals surface area contributed by atoms with Crippen molar-refractivity contribution in [3.8, 4) is 0 Å². The number of nitrogens with one attached hydrogen (secondary N) is 1. The van der Waals surface area contributed by atoms with Gasteiger partial charge in [-0.1, -0.05) is 11.8 Å². The predicted molar refractivity (Wildman–Crippen MR) is 117 cm³/mol. The third kappa shape index (κ3) is 4.65. The second-order valence-electron chi connectivity index (χ2n) is 7.53. The molecule has 0 spiro atoms. The average molecular weight is 435 g/mol. The van der Waals surface area contributed by atoms with Crippen LogP contribution in [0.2, 0.25) is 0 Å². The van der Waals surface area contributed by atoms with E-state index in [1.165, 1.54) is 23.1 Å². The molecule has 0 unspecified atom stereocenters. The van der Waals surface area contributed by atoms with Gasteiger partial charge in [-0.05, 0) is 39.7 Å². The van der Waals surface area contributed by atoms with E-state index >= 15 is 0 Å². The van der Waals surface area contributed by atoms with Crippen LogP contribution in [-0.4, -0.2) is 64.4 Å². The number of rotatable bonds is 5. The molecule has 2 aromatic heterocycles. The highest BCUT2D eigenvalue weighted by Crippen LogP contribution is 2.29. The summed E-state index contributed by atoms with van der Waals surface area (Å²) in [6.45, 7) is 5.42. The molecule has 156 valence electrons. The van der Waals surface area contributed by atoms with Gasteiger partial charge in [-0.2, -0.15) is 4.98 Å². The second-order valence-corrected chi connectivity index (χ2v) is 9.35. The van der Waals surface area contributed by atoms with Gasteiger partial charge in [-0.15, -0.1) is 11.3 Å². The van der Waals surface area contributed by atoms with Crippen molar-refractivity contribution in [1.29, 1.82) is 0 Å². The van der Waals surface area contributed by atoms with Crippen LogP contribution in [0.3, 0.4) is 0 Å². The Morgan fingerprint density at radius 3 is 2.69 bits per heavy atom. The van der Waals surface area contributed by atoms with E-state index in [1.54, 1.807) is 0 Å². The summed E-state index contributed by atoms with van der Waals surface area (Å²) in [6, 6.07) is 0. The van der Waals surface area contributed by atoms with Crippen molar-refractivity contribution in [1.82, 2.24) is 19.5 Å². The molecule has 0 saturated carbocycles. The van der Waals surface area contributed by atoms with Crippen LogP contribution >= 0.6 is 23.1 Å². The van der Waals surface area contributed by atoms with Gasteiger partial charge in [-0.3, -0.25) is 4.79 Å². The molecule has 3 heterocycles. The van der Waals surface area contributed by atoms with Gasteiger partial charge >= 0.3 is 5.69 Å². The van der Waals surface area contributed by atoms with Gasteiger partial charge < -0.3 is 15.2 Å². The molecule has 1 fully saturated rings. The van der Waals surface area contributed by atoms with Crippen molar-refractivity contribution in [3.63, 3.8) is 0 Å². The van der Waals surface area contributed by atoms with E-state index in [9.17, 15) is 9.59 Å². The second kappa shape index (κ2) is 8.85. The van der Waals surface area contributed by atoms with E-state index in [1.807, 2.05) is 17.0 Å². The van der Waals surface area contributed by atoms with Crippen molar-refractivity contribution in [2.24, 2.45) is 0 Å². The molecule has 1 aliphatic heterocycles. The highest BCUT2D eigenvalue weighted by atomic mass is 32.2. The van der Waals surface area contributed by atoms with E-state index < -0.39 is 0 Å². The summed E-state index contributed by atoms with van der Waals surface area (Å²) in [7, 11) is 2.10. The first kappa shape index (κ1) is 20.4. The van der Waals surface area contributed by atoms with Crippen LogP contribution in [0.25, 0.3) is 0 Å². The fourth-order valence-electron chi connectivity index (χ4n) is 3.78. The minimum absolute atomic E-state index is 0.126. The van der Waals surface area contributed by atoms with Crippen LogP contribution in [0.15, 0.2) is 15.2 Å². The zero-order valence-electron chi connectivity index (χ0n) is 16.8. The van der Waals surface area contributed by atoms with Crippen molar-refractivity contribution in [3.05, 3.63) is 32.8 Å². The summed E-state index contributed by atoms with van der Waals surface area (Å²) in [4.78, 5) is 36.1. The standard InChI is InChI=1S/C19H26N6O2S2/c1-13-11-29-18(20-13)21-16(26)12-28-17-14-5-3-4-6-15(14)25(19(27)22-17)24-9-7-23(2)8-10-24/h11H,3-10,12H2,1-2H3,(H,20,21,26). The number of piperazine rings is 1. The zero-order chi connectivity index (χ0) is 20.4. The van der Waals surface area contributed by atoms with Crippen LogP contribution in [0.4, 0.5) is 5.13 Å². The number of amides is 1. The Labute approximate surface area is 178 Å². The number of nitrogens with zero attached hydrogens (tertiary/aromatic N) is 5. The molecule has 0 atom stereocenters. The predicted octanol–water partition coefficient (Wildman–Crippen LogP) is 1.50. The number of carbonyl (C=O) groups excluding carboxylic acids is 1. The minimum Gasteiger partial charge on any atom is -0.306 e. The first-order valence-corrected chi connectivity index (χ1v) is 11.8. The van der Waals surface area contributed by atoms with Crippen molar-refractivity contribution in [2.75, 3.05) is 49.3 Å². The molecule has 1 saturated heterocycles. The van der Waals surface area contributed by atoms with E-state index in [-0.39, 0.29) is 17.3 Å². The van der Waals surface area contributed by atoms with E-state index in [4.69, 9.17) is 0 Å². The first-order chi connectivity index (χ1) is 14.0. The minimum atomic E-state index is -0.228. The van der Waals surface area contributed by atoms with Gasteiger partial charge in [-0.25, -0.2) is 14.5 Å². The highest BCUT2D eigenvalue weighted by Gasteiger charge is 2.25. The van der Waals surface area contributed by atoms with Gasteiger partial charge in [0.05, 0.1) is 17.1 Å². The number of thioether (sulfide) groups is 1. The van der Waals surface area contributed by atoms with Crippen LogP contribution < -0.4 is 16.0 Å². The molecule has 2 aromatic rings. The van der Waals surface area contributed by atoms with Crippen LogP contribution in [0.1, 0.15) is 29.8 Å². The van der Waals surface area contributed by atoms with Crippen LogP contribution in [0.5, 0.6) is 0 Å². The Morgan fingerprint density at radius 1 is 1.21 bits per heavy atom. The summed E-state index contributed by atoms with van der Waals surface area (Å²) in [5, 5.41) is 8.16. The monoisotopic (exact) mass is 434 g/mol. The van der Waals surface area contributed by atoms with Crippen molar-refractivity contribution >= 4 is 34.1 Å². The molecule has 8 nitrogen and oxygen atoms in total. The summed E-state index contributed by atoms with van der Waals surface area (Å²) < 4.78 is 1.81. The molecule has 1 N–H and O–H groups in total. The van der Waals surface area contributed by atoms with Crippen LogP contribution in [0, 0.1) is 6.92 Å². The molecule has 0 bridgehead atoms. The van der Waals surface area contributed by atoms with Crippen LogP contribution in [-0.2, 0) is 17.6 Å². The molecule has 1 aliphatic carbocycles. The van der Waals surface area contributed by atoms with E-state index in [2.05, 4.69) is 32.2 Å². The van der Waals surface area contributed by atoms with Gasteiger partial charge in [0.2, 0.25) is 5.91 Å². The lowest BCUT2D eigenvalue weighted by Gasteiger charge is -2.37. The molecular weight excluding hydrogens is 408 g/mol. The quantitative estimate of drug-likeness (QED) is 0.564. The fourth-order valence-corrected chi connectivity index (χ4v) is 5.36. The number of carbonyl (C=O) groups is 1. The number of anilines is 1. The number of hydrogen-bond donors (Lipinski definition) is 1. The van der Waals surface area contributed by atoms with Gasteiger partial charge in [0, 0.05) is 37.1 Å². The largest absolute Gasteiger partial charge is 0.367 e. The smallest absolute Gasteiger partial charge is 0.306 e. The SMILES string of the molecule is Cc1csc(NC(=O)CSc2nc(=O)n(N3CCN(C)CC3)c3c2CCCC3)n1. The number of thiazole rings is 1. The third-order valence-corrected chi connectivity index (χ3v) is 7.19. The summed E-state index contributed by atoms with van der Waals surface area (Å²) >= 11 is 2.77. The van der Waals surface area contributed by atoms with Crippen molar-refractivity contribution < 1.29 is 4.79 Å². The number of aryl methyl sites for hydroxylation is 1. The lowest BCUT2D eigenvalue weighted by atomic mass is 9.97. The molecule has 10 heteroatoms. The maximum Gasteiger partial charge on any atom is 0.367 e. The topological polar surface area (TPSA) is 83.4 Å². The Kier molecular flexibility index (Phi) is 6.21. The summed E-state index contributed by atoms with van der Waals surface area (Å²) in [5.74, 6) is 0.0923. The highest BCUT2D eigenvalue weighted by molar-refractivity contribution is 8.00. The lowest BCUT2D eigenvalue weighted by molar-refractivity contribution is -0.113. The Bertz CT molecular complexity index is 949. The number of likely N-dealkylation sites (N-methyl/N-ethyl adjacent to an activating group) is 1. The Balaban J connectivity index is 1.52. The fraction of sp³-hybridized carbons (Fsp3) is 0.579. The molecule has 2 aliphatic rings. The van der Waals surface area contributed by atoms with Crippen molar-refractivity contribution in [2.45, 2.75) is 37.6 Å². The zero-order valence-corrected chi connectivity index (χ0v) is 18.4. The lowest BCUT2D eigenvalue weighted by Crippen LogP contribution is -2.54. The van der Waals surface area contributed by atoms with Gasteiger partial charge in [0.25, 0.3) is 0 Å². The number of fused-ring (bicyclic) bond motifs is 1. The normalized spacial score (nSPS) is 17.2. The number of aromatic nitrogens is 3. The molecule has 4 rings (SSSR count). The first-order valence-electron chi connectivity index (χ1n) is 9.94. The Hall–Kier alpha value is -1.91. The molecular formula is C19H26N6O2S2. The maximum absolute atomic E-state index is 12.9. The van der Waals surface area contributed by atoms with Gasteiger partial charge in [0.1, 0.15) is 5.03 Å². The summed E-state index contributed by atoms with van der Waals surface area (Å²) in [5.41, 5.74) is 2.88. The van der Waals surface area contributed by atoms with E-state index in [0.29, 0.717) is 10.2 Å². The molecule has 0 radical (unpaired) electrons.